The number of imidazole rings is 1. The Balaban J connectivity index is 1.19. The van der Waals surface area contributed by atoms with E-state index in [1.807, 2.05) is 62.6 Å². The first-order valence-electron chi connectivity index (χ1n) is 15.5. The molecule has 2 aliphatic rings. The number of nitrogen functional groups attached to an aromatic ring is 1. The van der Waals surface area contributed by atoms with Crippen LogP contribution < -0.4 is 21.3 Å². The third-order valence-electron chi connectivity index (χ3n) is 8.71. The molecule has 45 heavy (non-hydrogen) atoms. The van der Waals surface area contributed by atoms with Crippen molar-refractivity contribution in [2.45, 2.75) is 51.1 Å². The highest BCUT2D eigenvalue weighted by Crippen LogP contribution is 2.28. The fraction of sp³-hybridized carbons (Fsp3) is 0.424. The Bertz CT molecular complexity index is 1690. The summed E-state index contributed by atoms with van der Waals surface area (Å²) in [6.45, 7) is 9.35. The minimum atomic E-state index is -0.306. The molecule has 4 heterocycles. The number of anilines is 4. The molecule has 4 N–H and O–H groups in total. The van der Waals surface area contributed by atoms with Crippen LogP contribution >= 0.6 is 0 Å². The van der Waals surface area contributed by atoms with E-state index in [0.717, 1.165) is 43.7 Å². The smallest absolute Gasteiger partial charge is 0.251 e. The highest BCUT2D eigenvalue weighted by Gasteiger charge is 2.32. The number of aromatic nitrogens is 4. The standard InChI is InChI=1S/C33H42N10O2/c1-33(2,3)23-12-8-22(9-13-23)28(44)35-25-7-6-16-42(19-25)30-38-31(43-20-26(34)37-32(43)39-30)36-24-14-10-21(11-15-24)27-29(45)41(5)18-17-40(27)4/h8-15,20,25,27H,6-7,16-19,34H2,1-5H3,(H,35,44)(H,36,37,38,39)/t25-,27?/m0/s1. The second-order valence-corrected chi connectivity index (χ2v) is 13.2. The van der Waals surface area contributed by atoms with Crippen LogP contribution in [0.5, 0.6) is 0 Å². The molecule has 0 aliphatic carbocycles. The lowest BCUT2D eigenvalue weighted by Crippen LogP contribution is -2.48. The van der Waals surface area contributed by atoms with Crippen LogP contribution in [0.3, 0.4) is 0 Å². The Kier molecular flexibility index (Phi) is 8.08. The molecule has 0 saturated carbocycles. The molecule has 2 aromatic carbocycles. The third kappa shape index (κ3) is 6.41. The maximum absolute atomic E-state index is 13.1. The highest BCUT2D eigenvalue weighted by molar-refractivity contribution is 5.94. The first-order valence-corrected chi connectivity index (χ1v) is 15.5. The van der Waals surface area contributed by atoms with Gasteiger partial charge in [0.1, 0.15) is 11.9 Å². The number of carbonyl (C=O) groups is 2. The van der Waals surface area contributed by atoms with Crippen molar-refractivity contribution < 1.29 is 9.59 Å². The van der Waals surface area contributed by atoms with Crippen molar-refractivity contribution >= 4 is 41.0 Å². The van der Waals surface area contributed by atoms with Crippen LogP contribution in [-0.4, -0.2) is 87.3 Å². The van der Waals surface area contributed by atoms with Gasteiger partial charge in [-0.05, 0) is 60.7 Å². The SMILES string of the molecule is CN1CCN(C)C(c2ccc(Nc3nc(N4CCC[C@H](NC(=O)c5ccc(C(C)(C)C)cc5)C4)nc4nc(N)cn34)cc2)C1=O. The van der Waals surface area contributed by atoms with Crippen LogP contribution in [-0.2, 0) is 10.2 Å². The number of benzene rings is 2. The Labute approximate surface area is 263 Å². The summed E-state index contributed by atoms with van der Waals surface area (Å²) in [5.41, 5.74) is 9.66. The lowest BCUT2D eigenvalue weighted by Gasteiger charge is -2.37. The van der Waals surface area contributed by atoms with Crippen molar-refractivity contribution in [2.75, 3.05) is 56.2 Å². The van der Waals surface area contributed by atoms with Gasteiger partial charge >= 0.3 is 0 Å². The Morgan fingerprint density at radius 2 is 1.69 bits per heavy atom. The minimum Gasteiger partial charge on any atom is -0.382 e. The number of piperazine rings is 1. The van der Waals surface area contributed by atoms with Gasteiger partial charge in [-0.15, -0.1) is 0 Å². The number of nitrogens with one attached hydrogen (secondary N) is 2. The second-order valence-electron chi connectivity index (χ2n) is 13.2. The maximum Gasteiger partial charge on any atom is 0.251 e. The molecule has 2 aromatic heterocycles. The number of rotatable bonds is 6. The minimum absolute atomic E-state index is 0.0281. The van der Waals surface area contributed by atoms with E-state index in [-0.39, 0.29) is 29.3 Å². The molecule has 0 radical (unpaired) electrons. The van der Waals surface area contributed by atoms with Gasteiger partial charge in [-0.3, -0.25) is 18.9 Å². The molecule has 0 spiro atoms. The van der Waals surface area contributed by atoms with E-state index in [1.54, 1.807) is 15.5 Å². The van der Waals surface area contributed by atoms with Crippen LogP contribution in [0.2, 0.25) is 0 Å². The zero-order chi connectivity index (χ0) is 31.9. The van der Waals surface area contributed by atoms with Gasteiger partial charge in [0.15, 0.2) is 0 Å². The van der Waals surface area contributed by atoms with E-state index in [9.17, 15) is 9.59 Å². The summed E-state index contributed by atoms with van der Waals surface area (Å²) >= 11 is 0. The Morgan fingerprint density at radius 3 is 2.40 bits per heavy atom. The lowest BCUT2D eigenvalue weighted by molar-refractivity contribution is -0.139. The van der Waals surface area contributed by atoms with E-state index >= 15 is 0 Å². The largest absolute Gasteiger partial charge is 0.382 e. The molecule has 6 rings (SSSR count). The average Bonchev–Trinajstić information content (AvgIpc) is 3.40. The summed E-state index contributed by atoms with van der Waals surface area (Å²) in [5, 5.41) is 6.60. The van der Waals surface area contributed by atoms with Crippen LogP contribution in [0, 0.1) is 0 Å². The molecule has 2 atom stereocenters. The van der Waals surface area contributed by atoms with Gasteiger partial charge in [-0.1, -0.05) is 45.0 Å². The summed E-state index contributed by atoms with van der Waals surface area (Å²) in [6.07, 6.45) is 3.44. The van der Waals surface area contributed by atoms with Crippen LogP contribution in [0.4, 0.5) is 23.4 Å². The van der Waals surface area contributed by atoms with Crippen molar-refractivity contribution in [1.82, 2.24) is 34.5 Å². The fourth-order valence-electron chi connectivity index (χ4n) is 6.00. The summed E-state index contributed by atoms with van der Waals surface area (Å²) in [4.78, 5) is 45.9. The molecular weight excluding hydrogens is 568 g/mol. The number of nitrogens with two attached hydrogens (primary N) is 1. The monoisotopic (exact) mass is 610 g/mol. The molecule has 0 bridgehead atoms. The predicted molar refractivity (Wildman–Crippen MR) is 176 cm³/mol. The van der Waals surface area contributed by atoms with Gasteiger partial charge < -0.3 is 26.2 Å². The molecular formula is C33H42N10O2. The molecule has 2 aliphatic heterocycles. The number of nitrogens with zero attached hydrogens (tertiary/aromatic N) is 7. The number of amides is 2. The molecule has 4 aromatic rings. The van der Waals surface area contributed by atoms with Crippen molar-refractivity contribution in [2.24, 2.45) is 0 Å². The molecule has 236 valence electrons. The van der Waals surface area contributed by atoms with Gasteiger partial charge in [0.25, 0.3) is 5.91 Å². The quantitative estimate of drug-likeness (QED) is 0.299. The first kappa shape index (κ1) is 30.3. The van der Waals surface area contributed by atoms with E-state index in [2.05, 4.69) is 46.2 Å². The van der Waals surface area contributed by atoms with Gasteiger partial charge in [-0.25, -0.2) is 0 Å². The zero-order valence-corrected chi connectivity index (χ0v) is 26.6. The number of carbonyl (C=O) groups excluding carboxylic acids is 2. The van der Waals surface area contributed by atoms with Crippen LogP contribution in [0.1, 0.15) is 61.1 Å². The number of likely N-dealkylation sites (N-methyl/N-ethyl adjacent to an activating group) is 2. The van der Waals surface area contributed by atoms with E-state index in [0.29, 0.717) is 35.6 Å². The predicted octanol–water partition coefficient (Wildman–Crippen LogP) is 3.59. The zero-order valence-electron chi connectivity index (χ0n) is 26.6. The van der Waals surface area contributed by atoms with Crippen LogP contribution in [0.25, 0.3) is 5.78 Å². The van der Waals surface area contributed by atoms with Gasteiger partial charge in [0.05, 0.1) is 6.20 Å². The molecule has 2 saturated heterocycles. The van der Waals surface area contributed by atoms with E-state index in [1.165, 1.54) is 5.56 Å². The summed E-state index contributed by atoms with van der Waals surface area (Å²) in [5.74, 6) is 1.80. The molecule has 2 fully saturated rings. The van der Waals surface area contributed by atoms with Crippen molar-refractivity contribution in [1.29, 1.82) is 0 Å². The van der Waals surface area contributed by atoms with Gasteiger partial charge in [0.2, 0.25) is 23.6 Å². The normalized spacial score (nSPS) is 19.6. The Morgan fingerprint density at radius 1 is 0.956 bits per heavy atom. The number of fused-ring (bicyclic) bond motifs is 1. The van der Waals surface area contributed by atoms with Crippen LogP contribution in [0.15, 0.2) is 54.7 Å². The number of hydrogen-bond donors (Lipinski definition) is 3. The van der Waals surface area contributed by atoms with Gasteiger partial charge in [-0.2, -0.15) is 15.0 Å². The summed E-state index contributed by atoms with van der Waals surface area (Å²) < 4.78 is 1.73. The highest BCUT2D eigenvalue weighted by atomic mass is 16.2. The van der Waals surface area contributed by atoms with Crippen molar-refractivity contribution in [3.63, 3.8) is 0 Å². The van der Waals surface area contributed by atoms with E-state index < -0.39 is 0 Å². The number of piperidine rings is 1. The summed E-state index contributed by atoms with van der Waals surface area (Å²) in [7, 11) is 3.82. The number of hydrogen-bond acceptors (Lipinski definition) is 9. The first-order chi connectivity index (χ1) is 21.5. The molecule has 12 heteroatoms. The summed E-state index contributed by atoms with van der Waals surface area (Å²) in [6, 6.07) is 15.3. The third-order valence-corrected chi connectivity index (χ3v) is 8.71. The molecule has 12 nitrogen and oxygen atoms in total. The van der Waals surface area contributed by atoms with Crippen molar-refractivity contribution in [3.05, 3.63) is 71.4 Å². The van der Waals surface area contributed by atoms with Crippen molar-refractivity contribution in [3.8, 4) is 0 Å². The molecule has 2 amide bonds. The lowest BCUT2D eigenvalue weighted by atomic mass is 9.86. The fourth-order valence-corrected chi connectivity index (χ4v) is 6.00. The average molecular weight is 611 g/mol. The van der Waals surface area contributed by atoms with Gasteiger partial charge in [0, 0.05) is 50.5 Å². The molecule has 1 unspecified atom stereocenters. The van der Waals surface area contributed by atoms with E-state index in [4.69, 9.17) is 15.7 Å². The maximum atomic E-state index is 13.1. The Hall–Kier alpha value is -4.71. The second kappa shape index (κ2) is 12.0. The topological polar surface area (TPSA) is 137 Å².